The number of rotatable bonds is 5. The van der Waals surface area contributed by atoms with Crippen LogP contribution < -0.4 is 5.32 Å². The van der Waals surface area contributed by atoms with Gasteiger partial charge in [-0.05, 0) is 31.2 Å². The Hall–Kier alpha value is -1.39. The molecule has 2 aliphatic rings. The van der Waals surface area contributed by atoms with Crippen molar-refractivity contribution in [3.63, 3.8) is 0 Å². The summed E-state index contributed by atoms with van der Waals surface area (Å²) in [5, 5.41) is 3.70. The van der Waals surface area contributed by atoms with Crippen molar-refractivity contribution in [2.45, 2.75) is 38.3 Å². The van der Waals surface area contributed by atoms with Crippen LogP contribution in [0.2, 0.25) is 0 Å². The number of hydrogen-bond donors (Lipinski definition) is 1. The summed E-state index contributed by atoms with van der Waals surface area (Å²) in [7, 11) is 1.93. The quantitative estimate of drug-likeness (QED) is 0.908. The maximum absolute atomic E-state index is 12.2. The molecule has 2 fully saturated rings. The third kappa shape index (κ3) is 3.75. The van der Waals surface area contributed by atoms with Gasteiger partial charge in [-0.15, -0.1) is 0 Å². The Morgan fingerprint density at radius 1 is 1.26 bits per heavy atom. The molecule has 0 aliphatic carbocycles. The molecule has 2 heterocycles. The molecule has 1 amide bonds. The second kappa shape index (κ2) is 7.45. The first-order chi connectivity index (χ1) is 11.2. The molecule has 0 radical (unpaired) electrons. The van der Waals surface area contributed by atoms with Crippen molar-refractivity contribution in [1.29, 1.82) is 0 Å². The lowest BCUT2D eigenvalue weighted by molar-refractivity contribution is -0.127. The van der Waals surface area contributed by atoms with Gasteiger partial charge in [-0.25, -0.2) is 0 Å². The smallest absolute Gasteiger partial charge is 0.223 e. The summed E-state index contributed by atoms with van der Waals surface area (Å²) < 4.78 is 5.45. The van der Waals surface area contributed by atoms with Gasteiger partial charge in [0.15, 0.2) is 0 Å². The molecule has 1 aromatic carbocycles. The van der Waals surface area contributed by atoms with Gasteiger partial charge in [0.05, 0.1) is 6.04 Å². The van der Waals surface area contributed by atoms with Gasteiger partial charge in [0.2, 0.25) is 5.91 Å². The van der Waals surface area contributed by atoms with Crippen molar-refractivity contribution in [1.82, 2.24) is 10.2 Å². The van der Waals surface area contributed by atoms with E-state index >= 15 is 0 Å². The number of likely N-dealkylation sites (tertiary alicyclic amines) is 1. The van der Waals surface area contributed by atoms with Gasteiger partial charge in [0.25, 0.3) is 0 Å². The topological polar surface area (TPSA) is 41.6 Å². The van der Waals surface area contributed by atoms with Crippen LogP contribution in [-0.2, 0) is 9.53 Å². The number of amides is 1. The molecule has 0 bridgehead atoms. The fourth-order valence-electron chi connectivity index (χ4n) is 4.00. The number of hydrogen-bond acceptors (Lipinski definition) is 3. The molecule has 23 heavy (non-hydrogen) atoms. The number of benzene rings is 1. The summed E-state index contributed by atoms with van der Waals surface area (Å²) >= 11 is 0. The summed E-state index contributed by atoms with van der Waals surface area (Å²) in [5.74, 6) is 1.29. The minimum Gasteiger partial charge on any atom is -0.381 e. The van der Waals surface area contributed by atoms with Gasteiger partial charge in [-0.1, -0.05) is 30.3 Å². The Morgan fingerprint density at radius 3 is 2.65 bits per heavy atom. The van der Waals surface area contributed by atoms with E-state index in [4.69, 9.17) is 4.74 Å². The molecule has 4 nitrogen and oxygen atoms in total. The zero-order chi connectivity index (χ0) is 16.2. The van der Waals surface area contributed by atoms with Gasteiger partial charge < -0.3 is 15.0 Å². The standard InChI is InChI=1S/C19H28N2O2/c1-14(15-8-10-23-11-9-15)20-13-17-12-18(22)21(2)19(17)16-6-4-3-5-7-16/h3-7,14-15,17,19-20H,8-13H2,1-2H3/t14-,17+,19+/m0/s1. The maximum Gasteiger partial charge on any atom is 0.223 e. The SMILES string of the molecule is C[C@H](NC[C@H]1CC(=O)N(C)[C@@H]1c1ccccc1)C1CCOCC1. The minimum atomic E-state index is 0.193. The minimum absolute atomic E-state index is 0.193. The van der Waals surface area contributed by atoms with Crippen LogP contribution in [-0.4, -0.2) is 43.7 Å². The van der Waals surface area contributed by atoms with Crippen LogP contribution in [0.4, 0.5) is 0 Å². The summed E-state index contributed by atoms with van der Waals surface area (Å²) in [6, 6.07) is 11.1. The number of carbonyl (C=O) groups is 1. The summed E-state index contributed by atoms with van der Waals surface area (Å²) in [6.45, 7) is 4.93. The van der Waals surface area contributed by atoms with Crippen molar-refractivity contribution in [3.8, 4) is 0 Å². The summed E-state index contributed by atoms with van der Waals surface area (Å²) in [4.78, 5) is 14.1. The van der Waals surface area contributed by atoms with Crippen LogP contribution in [0.5, 0.6) is 0 Å². The highest BCUT2D eigenvalue weighted by atomic mass is 16.5. The Labute approximate surface area is 139 Å². The molecular formula is C19H28N2O2. The summed E-state index contributed by atoms with van der Waals surface area (Å²) in [5.41, 5.74) is 1.24. The second-order valence-electron chi connectivity index (χ2n) is 6.97. The molecule has 0 aromatic heterocycles. The molecule has 2 saturated heterocycles. The average Bonchev–Trinajstić information content (AvgIpc) is 2.88. The van der Waals surface area contributed by atoms with E-state index in [0.29, 0.717) is 24.3 Å². The first kappa shape index (κ1) is 16.5. The van der Waals surface area contributed by atoms with E-state index in [1.807, 2.05) is 18.0 Å². The first-order valence-electron chi connectivity index (χ1n) is 8.78. The second-order valence-corrected chi connectivity index (χ2v) is 6.97. The van der Waals surface area contributed by atoms with Crippen molar-refractivity contribution in [2.24, 2.45) is 11.8 Å². The van der Waals surface area contributed by atoms with E-state index < -0.39 is 0 Å². The molecule has 1 N–H and O–H groups in total. The lowest BCUT2D eigenvalue weighted by Gasteiger charge is -2.31. The van der Waals surface area contributed by atoms with Gasteiger partial charge in [0.1, 0.15) is 0 Å². The van der Waals surface area contributed by atoms with E-state index in [1.54, 1.807) is 0 Å². The normalized spacial score (nSPS) is 27.4. The third-order valence-corrected chi connectivity index (χ3v) is 5.51. The van der Waals surface area contributed by atoms with Gasteiger partial charge >= 0.3 is 0 Å². The molecular weight excluding hydrogens is 288 g/mol. The first-order valence-corrected chi connectivity index (χ1v) is 8.78. The van der Waals surface area contributed by atoms with E-state index in [1.165, 1.54) is 5.56 Å². The monoisotopic (exact) mass is 316 g/mol. The van der Waals surface area contributed by atoms with Crippen molar-refractivity contribution >= 4 is 5.91 Å². The fourth-order valence-corrected chi connectivity index (χ4v) is 4.00. The Morgan fingerprint density at radius 2 is 1.96 bits per heavy atom. The largest absolute Gasteiger partial charge is 0.381 e. The highest BCUT2D eigenvalue weighted by molar-refractivity contribution is 5.79. The molecule has 3 rings (SSSR count). The number of ether oxygens (including phenoxy) is 1. The number of carbonyl (C=O) groups excluding carboxylic acids is 1. The Bertz CT molecular complexity index is 513. The molecule has 4 heteroatoms. The zero-order valence-electron chi connectivity index (χ0n) is 14.2. The van der Waals surface area contributed by atoms with Crippen molar-refractivity contribution < 1.29 is 9.53 Å². The molecule has 3 atom stereocenters. The van der Waals surface area contributed by atoms with Gasteiger partial charge in [0, 0.05) is 45.2 Å². The highest BCUT2D eigenvalue weighted by Crippen LogP contribution is 2.36. The predicted molar refractivity (Wildman–Crippen MR) is 91.1 cm³/mol. The molecule has 0 spiro atoms. The van der Waals surface area contributed by atoms with Gasteiger partial charge in [-0.2, -0.15) is 0 Å². The van der Waals surface area contributed by atoms with Crippen LogP contribution in [0, 0.1) is 11.8 Å². The number of nitrogens with one attached hydrogen (secondary N) is 1. The number of nitrogens with zero attached hydrogens (tertiary/aromatic N) is 1. The van der Waals surface area contributed by atoms with Crippen LogP contribution in [0.25, 0.3) is 0 Å². The van der Waals surface area contributed by atoms with E-state index in [-0.39, 0.29) is 11.9 Å². The molecule has 0 saturated carbocycles. The van der Waals surface area contributed by atoms with Crippen molar-refractivity contribution in [2.75, 3.05) is 26.8 Å². The van der Waals surface area contributed by atoms with Crippen LogP contribution in [0.1, 0.15) is 37.8 Å². The zero-order valence-corrected chi connectivity index (χ0v) is 14.2. The van der Waals surface area contributed by atoms with E-state index in [0.717, 1.165) is 32.6 Å². The molecule has 0 unspecified atom stereocenters. The predicted octanol–water partition coefficient (Wildman–Crippen LogP) is 2.61. The summed E-state index contributed by atoms with van der Waals surface area (Å²) in [6.07, 6.45) is 2.92. The van der Waals surface area contributed by atoms with Crippen LogP contribution >= 0.6 is 0 Å². The lowest BCUT2D eigenvalue weighted by atomic mass is 9.90. The third-order valence-electron chi connectivity index (χ3n) is 5.51. The van der Waals surface area contributed by atoms with Gasteiger partial charge in [-0.3, -0.25) is 4.79 Å². The maximum atomic E-state index is 12.2. The Balaban J connectivity index is 1.62. The lowest BCUT2D eigenvalue weighted by Crippen LogP contribution is -2.40. The van der Waals surface area contributed by atoms with Crippen LogP contribution in [0.3, 0.4) is 0 Å². The molecule has 126 valence electrons. The van der Waals surface area contributed by atoms with Crippen molar-refractivity contribution in [3.05, 3.63) is 35.9 Å². The molecule has 2 aliphatic heterocycles. The van der Waals surface area contributed by atoms with E-state index in [9.17, 15) is 4.79 Å². The fraction of sp³-hybridized carbons (Fsp3) is 0.632. The highest BCUT2D eigenvalue weighted by Gasteiger charge is 2.38. The van der Waals surface area contributed by atoms with E-state index in [2.05, 4.69) is 36.5 Å². The molecule has 1 aromatic rings. The Kier molecular flexibility index (Phi) is 5.34. The average molecular weight is 316 g/mol. The van der Waals surface area contributed by atoms with Crippen LogP contribution in [0.15, 0.2) is 30.3 Å².